The number of hydrogen-bond acceptors (Lipinski definition) is 3. The van der Waals surface area contributed by atoms with Crippen LogP contribution in [0, 0.1) is 17.8 Å². The number of carbonyl (C=O) groups excluding carboxylic acids is 2. The molecule has 2 N–H and O–H groups in total. The Labute approximate surface area is 118 Å². The molecule has 0 aromatic carbocycles. The van der Waals surface area contributed by atoms with Crippen molar-refractivity contribution < 1.29 is 19.5 Å². The summed E-state index contributed by atoms with van der Waals surface area (Å²) >= 11 is 0. The molecule has 6 heteroatoms. The van der Waals surface area contributed by atoms with E-state index >= 15 is 0 Å². The first-order chi connectivity index (χ1) is 9.38. The van der Waals surface area contributed by atoms with Crippen LogP contribution in [-0.2, 0) is 14.4 Å². The Morgan fingerprint density at radius 1 is 1.40 bits per heavy atom. The molecule has 0 spiro atoms. The second-order valence-electron chi connectivity index (χ2n) is 6.07. The summed E-state index contributed by atoms with van der Waals surface area (Å²) in [5.41, 5.74) is 0. The van der Waals surface area contributed by atoms with Crippen LogP contribution < -0.4 is 5.32 Å². The fourth-order valence-corrected chi connectivity index (χ4v) is 2.42. The molecular weight excluding hydrogens is 260 g/mol. The summed E-state index contributed by atoms with van der Waals surface area (Å²) in [7, 11) is 0. The minimum atomic E-state index is -0.935. The van der Waals surface area contributed by atoms with Crippen LogP contribution >= 0.6 is 0 Å². The Hall–Kier alpha value is -1.59. The molecule has 0 aromatic heterocycles. The van der Waals surface area contributed by atoms with Crippen molar-refractivity contribution in [3.63, 3.8) is 0 Å². The Kier molecular flexibility index (Phi) is 4.30. The lowest BCUT2D eigenvalue weighted by molar-refractivity contribution is -0.142. The molecule has 112 valence electrons. The fourth-order valence-electron chi connectivity index (χ4n) is 2.42. The Bertz CT molecular complexity index is 419. The van der Waals surface area contributed by atoms with E-state index in [1.54, 1.807) is 18.7 Å². The molecule has 0 bridgehead atoms. The summed E-state index contributed by atoms with van der Waals surface area (Å²) in [5, 5.41) is 11.6. The first-order valence-electron chi connectivity index (χ1n) is 7.19. The van der Waals surface area contributed by atoms with Crippen molar-refractivity contribution in [2.45, 2.75) is 39.2 Å². The average Bonchev–Trinajstić information content (AvgIpc) is 3.12. The molecule has 2 amide bonds. The quantitative estimate of drug-likeness (QED) is 0.741. The Morgan fingerprint density at radius 2 is 2.05 bits per heavy atom. The number of amides is 2. The SMILES string of the molecule is CC(NC(=O)C1CC(=O)N(CC2CC2)C1)C(C)C(=O)O. The van der Waals surface area contributed by atoms with Crippen molar-refractivity contribution in [3.05, 3.63) is 0 Å². The summed E-state index contributed by atoms with van der Waals surface area (Å²) in [5.74, 6) is -1.47. The number of carboxylic acid groups (broad SMARTS) is 1. The van der Waals surface area contributed by atoms with Gasteiger partial charge in [-0.3, -0.25) is 14.4 Å². The standard InChI is InChI=1S/C14H22N2O4/c1-8(14(19)20)9(2)15-13(18)11-5-12(17)16(7-11)6-10-3-4-10/h8-11H,3-7H2,1-2H3,(H,15,18)(H,19,20). The van der Waals surface area contributed by atoms with Crippen LogP contribution in [0.25, 0.3) is 0 Å². The smallest absolute Gasteiger partial charge is 0.308 e. The van der Waals surface area contributed by atoms with E-state index in [9.17, 15) is 14.4 Å². The van der Waals surface area contributed by atoms with Gasteiger partial charge in [-0.1, -0.05) is 0 Å². The molecule has 1 saturated carbocycles. The maximum absolute atomic E-state index is 12.1. The largest absolute Gasteiger partial charge is 0.481 e. The second kappa shape index (κ2) is 5.81. The molecule has 3 atom stereocenters. The number of carbonyl (C=O) groups is 3. The van der Waals surface area contributed by atoms with Crippen LogP contribution in [-0.4, -0.2) is 46.9 Å². The second-order valence-corrected chi connectivity index (χ2v) is 6.07. The summed E-state index contributed by atoms with van der Waals surface area (Å²) in [6.07, 6.45) is 2.59. The monoisotopic (exact) mass is 282 g/mol. The lowest BCUT2D eigenvalue weighted by atomic mass is 10.0. The molecule has 6 nitrogen and oxygen atoms in total. The van der Waals surface area contributed by atoms with Crippen LogP contribution in [0.4, 0.5) is 0 Å². The minimum absolute atomic E-state index is 0.0380. The zero-order valence-corrected chi connectivity index (χ0v) is 12.0. The van der Waals surface area contributed by atoms with Gasteiger partial charge in [-0.05, 0) is 32.6 Å². The lowest BCUT2D eigenvalue weighted by Gasteiger charge is -2.20. The summed E-state index contributed by atoms with van der Waals surface area (Å²) < 4.78 is 0. The predicted molar refractivity (Wildman–Crippen MR) is 71.8 cm³/mol. The predicted octanol–water partition coefficient (Wildman–Crippen LogP) is 0.470. The molecule has 1 aliphatic carbocycles. The van der Waals surface area contributed by atoms with E-state index in [-0.39, 0.29) is 24.2 Å². The van der Waals surface area contributed by atoms with Crippen molar-refractivity contribution in [3.8, 4) is 0 Å². The molecular formula is C14H22N2O4. The van der Waals surface area contributed by atoms with Crippen molar-refractivity contribution >= 4 is 17.8 Å². The van der Waals surface area contributed by atoms with E-state index in [0.717, 1.165) is 6.54 Å². The molecule has 3 unspecified atom stereocenters. The number of nitrogens with zero attached hydrogens (tertiary/aromatic N) is 1. The first kappa shape index (κ1) is 14.8. The highest BCUT2D eigenvalue weighted by Gasteiger charge is 2.37. The van der Waals surface area contributed by atoms with Gasteiger partial charge in [-0.2, -0.15) is 0 Å². The van der Waals surface area contributed by atoms with Gasteiger partial charge in [-0.15, -0.1) is 0 Å². The zero-order valence-electron chi connectivity index (χ0n) is 12.0. The van der Waals surface area contributed by atoms with Crippen LogP contribution in [0.5, 0.6) is 0 Å². The maximum atomic E-state index is 12.1. The third-order valence-electron chi connectivity index (χ3n) is 4.27. The molecule has 2 rings (SSSR count). The van der Waals surface area contributed by atoms with Gasteiger partial charge in [-0.25, -0.2) is 0 Å². The van der Waals surface area contributed by atoms with E-state index in [1.807, 2.05) is 0 Å². The Morgan fingerprint density at radius 3 is 2.60 bits per heavy atom. The van der Waals surface area contributed by atoms with Crippen molar-refractivity contribution in [1.82, 2.24) is 10.2 Å². The third-order valence-corrected chi connectivity index (χ3v) is 4.27. The van der Waals surface area contributed by atoms with Gasteiger partial charge in [0, 0.05) is 25.6 Å². The highest BCUT2D eigenvalue weighted by molar-refractivity contribution is 5.89. The van der Waals surface area contributed by atoms with Crippen LogP contribution in [0.3, 0.4) is 0 Å². The van der Waals surface area contributed by atoms with Crippen LogP contribution in [0.2, 0.25) is 0 Å². The Balaban J connectivity index is 1.83. The van der Waals surface area contributed by atoms with Gasteiger partial charge in [0.2, 0.25) is 11.8 Å². The normalized spacial score (nSPS) is 25.4. The van der Waals surface area contributed by atoms with Gasteiger partial charge in [0.15, 0.2) is 0 Å². The van der Waals surface area contributed by atoms with E-state index in [1.165, 1.54) is 12.8 Å². The van der Waals surface area contributed by atoms with Gasteiger partial charge in [0.1, 0.15) is 0 Å². The summed E-state index contributed by atoms with van der Waals surface area (Å²) in [6, 6.07) is -0.437. The molecule has 1 saturated heterocycles. The van der Waals surface area contributed by atoms with Crippen molar-refractivity contribution in [2.24, 2.45) is 17.8 Å². The number of carboxylic acids is 1. The highest BCUT2D eigenvalue weighted by atomic mass is 16.4. The van der Waals surface area contributed by atoms with Crippen LogP contribution in [0.1, 0.15) is 33.1 Å². The number of aliphatic carboxylic acids is 1. The summed E-state index contributed by atoms with van der Waals surface area (Å²) in [4.78, 5) is 36.6. The number of nitrogens with one attached hydrogen (secondary N) is 1. The zero-order chi connectivity index (χ0) is 14.9. The average molecular weight is 282 g/mol. The third kappa shape index (κ3) is 3.49. The maximum Gasteiger partial charge on any atom is 0.308 e. The van der Waals surface area contributed by atoms with E-state index in [4.69, 9.17) is 5.11 Å². The van der Waals surface area contributed by atoms with Crippen LogP contribution in [0.15, 0.2) is 0 Å². The molecule has 0 aromatic rings. The molecule has 2 fully saturated rings. The van der Waals surface area contributed by atoms with Gasteiger partial charge >= 0.3 is 5.97 Å². The van der Waals surface area contributed by atoms with Gasteiger partial charge in [0.25, 0.3) is 0 Å². The molecule has 20 heavy (non-hydrogen) atoms. The van der Waals surface area contributed by atoms with E-state index in [2.05, 4.69) is 5.32 Å². The molecule has 2 aliphatic rings. The van der Waals surface area contributed by atoms with E-state index < -0.39 is 17.9 Å². The van der Waals surface area contributed by atoms with Gasteiger partial charge < -0.3 is 15.3 Å². The molecule has 0 radical (unpaired) electrons. The lowest BCUT2D eigenvalue weighted by Crippen LogP contribution is -2.43. The summed E-state index contributed by atoms with van der Waals surface area (Å²) in [6.45, 7) is 4.47. The molecule has 1 heterocycles. The van der Waals surface area contributed by atoms with Crippen molar-refractivity contribution in [1.29, 1.82) is 0 Å². The fraction of sp³-hybridized carbons (Fsp3) is 0.786. The van der Waals surface area contributed by atoms with E-state index in [0.29, 0.717) is 12.5 Å². The van der Waals surface area contributed by atoms with Gasteiger partial charge in [0.05, 0.1) is 11.8 Å². The molecule has 1 aliphatic heterocycles. The number of rotatable bonds is 6. The highest BCUT2D eigenvalue weighted by Crippen LogP contribution is 2.32. The first-order valence-corrected chi connectivity index (χ1v) is 7.19. The van der Waals surface area contributed by atoms with Crippen molar-refractivity contribution in [2.75, 3.05) is 13.1 Å². The number of hydrogen-bond donors (Lipinski definition) is 2. The topological polar surface area (TPSA) is 86.7 Å². The number of likely N-dealkylation sites (tertiary alicyclic amines) is 1. The minimum Gasteiger partial charge on any atom is -0.481 e.